The quantitative estimate of drug-likeness (QED) is 0.302. The van der Waals surface area contributed by atoms with Crippen LogP contribution in [0.3, 0.4) is 0 Å². The van der Waals surface area contributed by atoms with Crippen LogP contribution < -0.4 is 37.7 Å². The molecule has 0 aromatic carbocycles. The Morgan fingerprint density at radius 3 is 0.938 bits per heavy atom. The molecule has 0 aliphatic carbocycles. The first-order chi connectivity index (χ1) is 5.75. The summed E-state index contributed by atoms with van der Waals surface area (Å²) >= 11 is 0. The van der Waals surface area contributed by atoms with Gasteiger partial charge in [-0.15, -0.1) is 0 Å². The minimum absolute atomic E-state index is 0. The molecule has 0 aromatic rings. The van der Waals surface area contributed by atoms with E-state index in [-0.39, 0.29) is 40.6 Å². The molecular weight excluding hydrogens is 274 g/mol. The van der Waals surface area contributed by atoms with Crippen molar-refractivity contribution in [2.24, 2.45) is 0 Å². The average molecular weight is 278 g/mol. The second-order valence-corrected chi connectivity index (χ2v) is 4.91. The van der Waals surface area contributed by atoms with Crippen molar-refractivity contribution in [1.29, 1.82) is 0 Å². The van der Waals surface area contributed by atoms with Crippen LogP contribution in [0.4, 0.5) is 17.6 Å². The first-order valence-electron chi connectivity index (χ1n) is 2.45. The Morgan fingerprint density at radius 1 is 0.750 bits per heavy atom. The van der Waals surface area contributed by atoms with Crippen LogP contribution in [0, 0.1) is 0 Å². The van der Waals surface area contributed by atoms with Gasteiger partial charge in [0.05, 0.1) is 0 Å². The van der Waals surface area contributed by atoms with Gasteiger partial charge in [0.15, 0.2) is 0 Å². The third-order valence-electron chi connectivity index (χ3n) is 0.987. The molecule has 0 rings (SSSR count). The van der Waals surface area contributed by atoms with Gasteiger partial charge in [-0.1, -0.05) is 0 Å². The zero-order valence-corrected chi connectivity index (χ0v) is 9.49. The molecule has 0 saturated heterocycles. The van der Waals surface area contributed by atoms with Crippen LogP contribution in [0.2, 0.25) is 0 Å². The Balaban J connectivity index is -0.000000141. The zero-order chi connectivity index (χ0) is 12.0. The summed E-state index contributed by atoms with van der Waals surface area (Å²) in [5.74, 6) is 0. The average Bonchev–Trinajstić information content (AvgIpc) is 1.81. The Hall–Kier alpha value is 0.735. The fourth-order valence-corrected chi connectivity index (χ4v) is 1.53. The normalized spacial score (nSPS) is 13.6. The van der Waals surface area contributed by atoms with Crippen LogP contribution in [0.5, 0.6) is 0 Å². The van der Waals surface area contributed by atoms with Gasteiger partial charge in [0.1, 0.15) is 0 Å². The molecule has 0 radical (unpaired) electrons. The minimum atomic E-state index is -6.67. The van der Waals surface area contributed by atoms with Gasteiger partial charge in [0, 0.05) is 0 Å². The largest absolute Gasteiger partial charge is 1.00 e. The monoisotopic (exact) mass is 278 g/mol. The molecule has 90 valence electrons. The van der Waals surface area contributed by atoms with E-state index in [0.29, 0.717) is 0 Å². The Morgan fingerprint density at radius 2 is 0.875 bits per heavy atom. The fourth-order valence-electron chi connectivity index (χ4n) is 0.300. The van der Waals surface area contributed by atoms with Gasteiger partial charge >= 0.3 is 68.5 Å². The summed E-state index contributed by atoms with van der Waals surface area (Å²) in [5.41, 5.74) is 0. The van der Waals surface area contributed by atoms with Gasteiger partial charge in [-0.05, 0) is 0 Å². The van der Waals surface area contributed by atoms with Gasteiger partial charge in [0.2, 0.25) is 0 Å². The van der Waals surface area contributed by atoms with Crippen molar-refractivity contribution >= 4 is 20.2 Å². The molecule has 0 amide bonds. The van der Waals surface area contributed by atoms with Crippen molar-refractivity contribution in [3.05, 3.63) is 0 Å². The topological polar surface area (TPSA) is 109 Å². The molecule has 2 N–H and O–H groups in total. The van der Waals surface area contributed by atoms with Gasteiger partial charge in [-0.25, -0.2) is 0 Å². The van der Waals surface area contributed by atoms with Gasteiger partial charge in [0.25, 0.3) is 0 Å². The molecule has 0 bridgehead atoms. The Bertz CT molecular complexity index is 395. The zero-order valence-electron chi connectivity index (χ0n) is 9.86. The second-order valence-electron chi connectivity index (χ2n) is 1.98. The number of halogens is 4. The number of hydrogen-bond acceptors (Lipinski definition) is 4. The summed E-state index contributed by atoms with van der Waals surface area (Å²) in [7, 11) is -13.3. The number of rotatable bonds is 3. The van der Waals surface area contributed by atoms with Crippen molar-refractivity contribution in [2.45, 2.75) is 10.5 Å². The smallest absolute Gasteiger partial charge is 1.00 e. The van der Waals surface area contributed by atoms with Gasteiger partial charge in [-0.2, -0.15) is 34.4 Å². The molecule has 16 heavy (non-hydrogen) atoms. The molecule has 0 aromatic heterocycles. The fraction of sp³-hybridized carbons (Fsp3) is 1.00. The summed E-state index contributed by atoms with van der Waals surface area (Å²) < 4.78 is 102. The summed E-state index contributed by atoms with van der Waals surface area (Å²) in [6.45, 7) is 0. The maximum absolute atomic E-state index is 12.1. The third kappa shape index (κ3) is 3.61. The van der Waals surface area contributed by atoms with Gasteiger partial charge < -0.3 is 2.85 Å². The van der Waals surface area contributed by atoms with E-state index in [1.807, 2.05) is 0 Å². The van der Waals surface area contributed by atoms with E-state index in [4.69, 9.17) is 9.11 Å². The Kier molecular flexibility index (Phi) is 7.66. The van der Waals surface area contributed by atoms with Crippen LogP contribution >= 0.6 is 0 Å². The van der Waals surface area contributed by atoms with Crippen LogP contribution in [-0.2, 0) is 20.2 Å². The predicted octanol–water partition coefficient (Wildman–Crippen LogP) is -5.82. The van der Waals surface area contributed by atoms with Crippen LogP contribution in [0.15, 0.2) is 0 Å². The molecule has 0 saturated carbocycles. The van der Waals surface area contributed by atoms with Crippen molar-refractivity contribution < 1.29 is 84.1 Å². The van der Waals surface area contributed by atoms with Crippen molar-refractivity contribution in [2.75, 3.05) is 0 Å². The van der Waals surface area contributed by atoms with E-state index < -0.39 is 30.7 Å². The number of hydrogen-bond donors (Lipinski definition) is 2. The van der Waals surface area contributed by atoms with E-state index in [1.54, 1.807) is 0 Å². The maximum Gasteiger partial charge on any atom is 1.00 e. The molecule has 0 atom stereocenters. The summed E-state index contributed by atoms with van der Waals surface area (Å²) in [5, 5.41) is -12.7. The molecule has 0 unspecified atom stereocenters. The molecule has 6 nitrogen and oxygen atoms in total. The van der Waals surface area contributed by atoms with Crippen molar-refractivity contribution in [3.8, 4) is 0 Å². The second kappa shape index (κ2) is 5.58. The molecule has 0 spiro atoms. The van der Waals surface area contributed by atoms with E-state index in [0.717, 1.165) is 0 Å². The number of alkyl halides is 4. The van der Waals surface area contributed by atoms with E-state index >= 15 is 0 Å². The molecule has 0 fully saturated rings. The maximum atomic E-state index is 12.1. The summed E-state index contributed by atoms with van der Waals surface area (Å²) in [6.07, 6.45) is 0. The van der Waals surface area contributed by atoms with E-state index in [2.05, 4.69) is 0 Å². The van der Waals surface area contributed by atoms with Crippen molar-refractivity contribution in [3.63, 3.8) is 0 Å². The molecule has 0 aliphatic heterocycles. The summed E-state index contributed by atoms with van der Waals surface area (Å²) in [4.78, 5) is 0. The van der Waals surface area contributed by atoms with E-state index in [9.17, 15) is 34.4 Å². The molecule has 0 aliphatic rings. The molecule has 0 heterocycles. The summed E-state index contributed by atoms with van der Waals surface area (Å²) in [6, 6.07) is 0. The minimum Gasteiger partial charge on any atom is -1.00 e. The Labute approximate surface area is 115 Å². The first kappa shape index (κ1) is 22.0. The SMILES string of the molecule is O=S(=O)(O)C(F)(F)C(F)(F)S(=O)(=O)O.[H-].[H-].[Li+].[Li+]. The third-order valence-corrected chi connectivity index (χ3v) is 2.92. The first-order valence-corrected chi connectivity index (χ1v) is 5.33. The predicted molar refractivity (Wildman–Crippen MR) is 35.2 cm³/mol. The van der Waals surface area contributed by atoms with Gasteiger partial charge in [-0.3, -0.25) is 9.11 Å². The molecule has 14 heteroatoms. The van der Waals surface area contributed by atoms with Crippen LogP contribution in [-0.4, -0.2) is 36.5 Å². The van der Waals surface area contributed by atoms with Crippen LogP contribution in [0.25, 0.3) is 0 Å². The standard InChI is InChI=1S/C2H2F4O6S2.2Li.2H/c3-1(4,13(7,8)9)2(5,6)14(10,11)12;;;;/h(H,7,8,9)(H,10,11,12);;;;/q;2*+1;2*-1. The van der Waals surface area contributed by atoms with Crippen LogP contribution in [0.1, 0.15) is 2.85 Å². The molecular formula is C2H4F4Li2O6S2. The van der Waals surface area contributed by atoms with E-state index in [1.165, 1.54) is 0 Å². The van der Waals surface area contributed by atoms with Crippen molar-refractivity contribution in [1.82, 2.24) is 0 Å².